The van der Waals surface area contributed by atoms with Crippen molar-refractivity contribution in [3.63, 3.8) is 0 Å². The molecule has 2 N–H and O–H groups in total. The lowest BCUT2D eigenvalue weighted by Crippen LogP contribution is -1.99. The standard InChI is InChI=1S/C13H11Cl2N3/c14-8-3-4-10(15)9(5-8)13-17-11(7-1-2-7)6-12(16)18-13/h3-7H,1-2H2,(H2,16,17,18). The molecule has 5 heteroatoms. The second-order valence-corrected chi connectivity index (χ2v) is 5.28. The molecule has 92 valence electrons. The van der Waals surface area contributed by atoms with E-state index in [1.165, 1.54) is 12.8 Å². The van der Waals surface area contributed by atoms with Crippen molar-refractivity contribution in [3.8, 4) is 11.4 Å². The molecule has 18 heavy (non-hydrogen) atoms. The normalized spacial score (nSPS) is 14.8. The number of hydrogen-bond donors (Lipinski definition) is 1. The number of anilines is 1. The summed E-state index contributed by atoms with van der Waals surface area (Å²) in [4.78, 5) is 8.77. The molecule has 0 amide bonds. The van der Waals surface area contributed by atoms with E-state index in [-0.39, 0.29) is 0 Å². The number of nitrogens with two attached hydrogens (primary N) is 1. The molecule has 1 saturated carbocycles. The van der Waals surface area contributed by atoms with Crippen molar-refractivity contribution in [1.29, 1.82) is 0 Å². The molecule has 1 aromatic heterocycles. The third-order valence-electron chi connectivity index (χ3n) is 2.93. The molecule has 2 aromatic rings. The molecule has 1 fully saturated rings. The Bertz CT molecular complexity index is 609. The predicted molar refractivity (Wildman–Crippen MR) is 73.9 cm³/mol. The van der Waals surface area contributed by atoms with Gasteiger partial charge >= 0.3 is 0 Å². The van der Waals surface area contributed by atoms with Crippen LogP contribution < -0.4 is 5.73 Å². The van der Waals surface area contributed by atoms with Gasteiger partial charge in [0.1, 0.15) is 5.82 Å². The van der Waals surface area contributed by atoms with E-state index < -0.39 is 0 Å². The van der Waals surface area contributed by atoms with Gasteiger partial charge in [-0.1, -0.05) is 23.2 Å². The van der Waals surface area contributed by atoms with E-state index >= 15 is 0 Å². The lowest BCUT2D eigenvalue weighted by molar-refractivity contribution is 0.998. The molecule has 0 bridgehead atoms. The average molecular weight is 280 g/mol. The highest BCUT2D eigenvalue weighted by Crippen LogP contribution is 2.40. The lowest BCUT2D eigenvalue weighted by Gasteiger charge is -2.07. The van der Waals surface area contributed by atoms with Crippen LogP contribution in [0.25, 0.3) is 11.4 Å². The summed E-state index contributed by atoms with van der Waals surface area (Å²) >= 11 is 12.1. The molecule has 1 heterocycles. The van der Waals surface area contributed by atoms with Crippen molar-refractivity contribution >= 4 is 29.0 Å². The highest BCUT2D eigenvalue weighted by molar-refractivity contribution is 6.35. The maximum atomic E-state index is 6.15. The van der Waals surface area contributed by atoms with E-state index in [1.54, 1.807) is 18.2 Å². The number of benzene rings is 1. The summed E-state index contributed by atoms with van der Waals surface area (Å²) in [5, 5.41) is 1.18. The summed E-state index contributed by atoms with van der Waals surface area (Å²) in [7, 11) is 0. The molecule has 0 spiro atoms. The summed E-state index contributed by atoms with van der Waals surface area (Å²) in [5.74, 6) is 1.54. The van der Waals surface area contributed by atoms with Gasteiger partial charge in [-0.2, -0.15) is 0 Å². The van der Waals surface area contributed by atoms with Crippen LogP contribution in [0.2, 0.25) is 10.0 Å². The first-order chi connectivity index (χ1) is 8.63. The van der Waals surface area contributed by atoms with Crippen LogP contribution in [-0.4, -0.2) is 9.97 Å². The highest BCUT2D eigenvalue weighted by Gasteiger charge is 2.26. The smallest absolute Gasteiger partial charge is 0.163 e. The van der Waals surface area contributed by atoms with Crippen molar-refractivity contribution in [2.75, 3.05) is 5.73 Å². The van der Waals surface area contributed by atoms with E-state index in [4.69, 9.17) is 28.9 Å². The summed E-state index contributed by atoms with van der Waals surface area (Å²) in [6.45, 7) is 0. The van der Waals surface area contributed by atoms with Gasteiger partial charge in [0.15, 0.2) is 5.82 Å². The zero-order valence-electron chi connectivity index (χ0n) is 9.53. The Kier molecular flexibility index (Phi) is 2.88. The number of aromatic nitrogens is 2. The van der Waals surface area contributed by atoms with E-state index in [9.17, 15) is 0 Å². The van der Waals surface area contributed by atoms with Gasteiger partial charge in [-0.05, 0) is 31.0 Å². The molecule has 0 atom stereocenters. The Hall–Kier alpha value is -1.32. The van der Waals surface area contributed by atoms with E-state index in [0.717, 1.165) is 11.3 Å². The van der Waals surface area contributed by atoms with Crippen molar-refractivity contribution < 1.29 is 0 Å². The molecular formula is C13H11Cl2N3. The minimum absolute atomic E-state index is 0.470. The summed E-state index contributed by atoms with van der Waals surface area (Å²) in [6, 6.07) is 7.07. The fraction of sp³-hybridized carbons (Fsp3) is 0.231. The Labute approximate surface area is 115 Å². The molecule has 1 aliphatic carbocycles. The monoisotopic (exact) mass is 279 g/mol. The first-order valence-electron chi connectivity index (χ1n) is 5.73. The number of halogens is 2. The van der Waals surface area contributed by atoms with E-state index in [0.29, 0.717) is 27.6 Å². The maximum absolute atomic E-state index is 6.15. The summed E-state index contributed by atoms with van der Waals surface area (Å²) < 4.78 is 0. The fourth-order valence-electron chi connectivity index (χ4n) is 1.86. The Balaban J connectivity index is 2.12. The van der Waals surface area contributed by atoms with Crippen molar-refractivity contribution in [3.05, 3.63) is 40.0 Å². The zero-order valence-corrected chi connectivity index (χ0v) is 11.0. The van der Waals surface area contributed by atoms with Crippen LogP contribution in [0.3, 0.4) is 0 Å². The average Bonchev–Trinajstić information content (AvgIpc) is 3.15. The van der Waals surface area contributed by atoms with Gasteiger partial charge < -0.3 is 5.73 Å². The van der Waals surface area contributed by atoms with Crippen LogP contribution >= 0.6 is 23.2 Å². The number of nitrogen functional groups attached to an aromatic ring is 1. The largest absolute Gasteiger partial charge is 0.384 e. The Morgan fingerprint density at radius 2 is 1.89 bits per heavy atom. The minimum atomic E-state index is 0.470. The van der Waals surface area contributed by atoms with Gasteiger partial charge in [-0.3, -0.25) is 0 Å². The molecule has 1 aromatic carbocycles. The van der Waals surface area contributed by atoms with Gasteiger partial charge in [-0.15, -0.1) is 0 Å². The van der Waals surface area contributed by atoms with Crippen LogP contribution in [0.15, 0.2) is 24.3 Å². The van der Waals surface area contributed by atoms with Gasteiger partial charge in [-0.25, -0.2) is 9.97 Å². The van der Waals surface area contributed by atoms with Crippen LogP contribution in [0.5, 0.6) is 0 Å². The van der Waals surface area contributed by atoms with Gasteiger partial charge in [0.25, 0.3) is 0 Å². The van der Waals surface area contributed by atoms with Crippen LogP contribution in [0.1, 0.15) is 24.5 Å². The van der Waals surface area contributed by atoms with Gasteiger partial charge in [0.2, 0.25) is 0 Å². The quantitative estimate of drug-likeness (QED) is 0.907. The maximum Gasteiger partial charge on any atom is 0.163 e. The number of hydrogen-bond acceptors (Lipinski definition) is 3. The third kappa shape index (κ3) is 2.28. The first kappa shape index (κ1) is 11.8. The van der Waals surface area contributed by atoms with Crippen LogP contribution in [0, 0.1) is 0 Å². The Morgan fingerprint density at radius 3 is 2.61 bits per heavy atom. The van der Waals surface area contributed by atoms with Crippen LogP contribution in [0.4, 0.5) is 5.82 Å². The summed E-state index contributed by atoms with van der Waals surface area (Å²) in [6.07, 6.45) is 2.33. The Morgan fingerprint density at radius 1 is 1.11 bits per heavy atom. The summed E-state index contributed by atoms with van der Waals surface area (Å²) in [5.41, 5.74) is 7.54. The van der Waals surface area contributed by atoms with Crippen molar-refractivity contribution in [2.45, 2.75) is 18.8 Å². The first-order valence-corrected chi connectivity index (χ1v) is 6.49. The molecular weight excluding hydrogens is 269 g/mol. The van der Waals surface area contributed by atoms with E-state index in [1.807, 2.05) is 6.07 Å². The van der Waals surface area contributed by atoms with Gasteiger partial charge in [0.05, 0.1) is 5.02 Å². The topological polar surface area (TPSA) is 51.8 Å². The zero-order chi connectivity index (χ0) is 12.7. The molecule has 3 rings (SSSR count). The lowest BCUT2D eigenvalue weighted by atomic mass is 10.2. The number of nitrogens with zero attached hydrogens (tertiary/aromatic N) is 2. The SMILES string of the molecule is Nc1cc(C2CC2)nc(-c2cc(Cl)ccc2Cl)n1. The predicted octanol–water partition coefficient (Wildman–Crippen LogP) is 3.91. The van der Waals surface area contributed by atoms with Crippen LogP contribution in [-0.2, 0) is 0 Å². The van der Waals surface area contributed by atoms with Crippen molar-refractivity contribution in [1.82, 2.24) is 9.97 Å². The third-order valence-corrected chi connectivity index (χ3v) is 3.50. The van der Waals surface area contributed by atoms with Crippen molar-refractivity contribution in [2.24, 2.45) is 0 Å². The highest BCUT2D eigenvalue weighted by atomic mass is 35.5. The molecule has 0 saturated heterocycles. The van der Waals surface area contributed by atoms with Gasteiger partial charge in [0, 0.05) is 28.3 Å². The second-order valence-electron chi connectivity index (χ2n) is 4.44. The molecule has 0 radical (unpaired) electrons. The molecule has 3 nitrogen and oxygen atoms in total. The molecule has 1 aliphatic rings. The fourth-order valence-corrected chi connectivity index (χ4v) is 2.24. The second kappa shape index (κ2) is 4.41. The molecule has 0 aliphatic heterocycles. The minimum Gasteiger partial charge on any atom is -0.384 e. The van der Waals surface area contributed by atoms with E-state index in [2.05, 4.69) is 9.97 Å². The molecule has 0 unspecified atom stereocenters. The number of rotatable bonds is 2.